The summed E-state index contributed by atoms with van der Waals surface area (Å²) < 4.78 is 26.2. The first-order valence-electron chi connectivity index (χ1n) is 6.85. The van der Waals surface area contributed by atoms with E-state index in [1.807, 2.05) is 0 Å². The van der Waals surface area contributed by atoms with E-state index in [1.54, 1.807) is 0 Å². The summed E-state index contributed by atoms with van der Waals surface area (Å²) in [6.07, 6.45) is 4.52. The monoisotopic (exact) mass is 350 g/mol. The maximum absolute atomic E-state index is 12.5. The van der Waals surface area contributed by atoms with Crippen LogP contribution in [-0.4, -0.2) is 42.8 Å². The van der Waals surface area contributed by atoms with E-state index in [0.717, 1.165) is 6.08 Å². The topological polar surface area (TPSA) is 104 Å². The first-order chi connectivity index (χ1) is 11.3. The molecule has 1 aromatic rings. The minimum atomic E-state index is -3.71. The number of amides is 1. The molecule has 0 spiro atoms. The number of carboxylic acids is 1. The van der Waals surface area contributed by atoms with Gasteiger partial charge in [-0.25, -0.2) is 13.2 Å². The highest BCUT2D eigenvalue weighted by Gasteiger charge is 2.22. The van der Waals surface area contributed by atoms with E-state index in [4.69, 9.17) is 5.11 Å². The highest BCUT2D eigenvalue weighted by molar-refractivity contribution is 7.89. The molecule has 0 bridgehead atoms. The fourth-order valence-electron chi connectivity index (χ4n) is 1.75. The average molecular weight is 350 g/mol. The van der Waals surface area contributed by atoms with Gasteiger partial charge in [0.25, 0.3) is 0 Å². The minimum absolute atomic E-state index is 0.0604. The Morgan fingerprint density at radius 2 is 1.62 bits per heavy atom. The van der Waals surface area contributed by atoms with Crippen molar-refractivity contribution in [2.45, 2.75) is 4.90 Å². The lowest BCUT2D eigenvalue weighted by Crippen LogP contribution is -2.31. The molecular weight excluding hydrogens is 332 g/mol. The summed E-state index contributed by atoms with van der Waals surface area (Å²) in [7, 11) is -3.71. The predicted octanol–water partition coefficient (Wildman–Crippen LogP) is 1.63. The Balaban J connectivity index is 2.93. The van der Waals surface area contributed by atoms with Gasteiger partial charge in [-0.2, -0.15) is 4.31 Å². The Morgan fingerprint density at radius 1 is 1.08 bits per heavy atom. The molecular formula is C16H18N2O5S. The van der Waals surface area contributed by atoms with E-state index in [0.29, 0.717) is 11.8 Å². The number of aliphatic carboxylic acids is 1. The summed E-state index contributed by atoms with van der Waals surface area (Å²) in [6, 6.07) is 5.54. The van der Waals surface area contributed by atoms with Gasteiger partial charge in [0.1, 0.15) is 0 Å². The highest BCUT2D eigenvalue weighted by Crippen LogP contribution is 2.18. The number of hydrogen-bond donors (Lipinski definition) is 2. The number of anilines is 1. The molecule has 0 heterocycles. The van der Waals surface area contributed by atoms with Crippen LogP contribution in [0.3, 0.4) is 0 Å². The lowest BCUT2D eigenvalue weighted by Gasteiger charge is -2.19. The van der Waals surface area contributed by atoms with Crippen molar-refractivity contribution < 1.29 is 23.1 Å². The number of nitrogens with one attached hydrogen (secondary N) is 1. The Hall–Kier alpha value is -2.71. The van der Waals surface area contributed by atoms with Crippen molar-refractivity contribution in [3.8, 4) is 0 Å². The van der Waals surface area contributed by atoms with Gasteiger partial charge in [-0.05, 0) is 24.3 Å². The highest BCUT2D eigenvalue weighted by atomic mass is 32.2. The number of sulfonamides is 1. The Morgan fingerprint density at radius 3 is 2.08 bits per heavy atom. The maximum Gasteiger partial charge on any atom is 0.328 e. The minimum Gasteiger partial charge on any atom is -0.478 e. The molecule has 128 valence electrons. The summed E-state index contributed by atoms with van der Waals surface area (Å²) in [4.78, 5) is 21.9. The molecule has 7 nitrogen and oxygen atoms in total. The third-order valence-corrected chi connectivity index (χ3v) is 4.65. The standard InChI is InChI=1S/C16H18N2O5S/c1-3-11-18(12-4-2)24(22,23)14-7-5-13(6-8-14)17-15(19)9-10-16(20)21/h3-10H,1-2,11-12H2,(H,17,19)(H,20,21)/b10-9+. The number of carbonyl (C=O) groups excluding carboxylic acids is 1. The van der Waals surface area contributed by atoms with E-state index < -0.39 is 21.9 Å². The van der Waals surface area contributed by atoms with Gasteiger partial charge < -0.3 is 10.4 Å². The molecule has 0 aliphatic heterocycles. The van der Waals surface area contributed by atoms with Crippen molar-refractivity contribution in [3.05, 3.63) is 61.7 Å². The lowest BCUT2D eigenvalue weighted by atomic mass is 10.3. The molecule has 0 aliphatic rings. The molecule has 0 fully saturated rings. The average Bonchev–Trinajstić information content (AvgIpc) is 2.53. The molecule has 1 rings (SSSR count). The Bertz CT molecular complexity index is 741. The van der Waals surface area contributed by atoms with Gasteiger partial charge in [0.15, 0.2) is 0 Å². The van der Waals surface area contributed by atoms with Crippen LogP contribution in [0.15, 0.2) is 66.6 Å². The molecule has 1 amide bonds. The van der Waals surface area contributed by atoms with E-state index >= 15 is 0 Å². The van der Waals surface area contributed by atoms with Gasteiger partial charge in [0.05, 0.1) is 4.90 Å². The Kier molecular flexibility index (Phi) is 7.09. The van der Waals surface area contributed by atoms with Gasteiger partial charge in [-0.1, -0.05) is 12.2 Å². The molecule has 0 aliphatic carbocycles. The van der Waals surface area contributed by atoms with Crippen LogP contribution in [0.25, 0.3) is 0 Å². The molecule has 2 N–H and O–H groups in total. The SMILES string of the molecule is C=CCN(CC=C)S(=O)(=O)c1ccc(NC(=O)/C=C/C(=O)O)cc1. The van der Waals surface area contributed by atoms with Gasteiger partial charge in [0, 0.05) is 30.9 Å². The predicted molar refractivity (Wildman–Crippen MR) is 91.0 cm³/mol. The van der Waals surface area contributed by atoms with Crippen molar-refractivity contribution >= 4 is 27.6 Å². The second-order valence-electron chi connectivity index (χ2n) is 4.58. The van der Waals surface area contributed by atoms with Crippen LogP contribution in [0.2, 0.25) is 0 Å². The van der Waals surface area contributed by atoms with Gasteiger partial charge >= 0.3 is 5.97 Å². The number of benzene rings is 1. The van der Waals surface area contributed by atoms with Crippen LogP contribution in [0.1, 0.15) is 0 Å². The molecule has 0 radical (unpaired) electrons. The van der Waals surface area contributed by atoms with E-state index in [1.165, 1.54) is 40.7 Å². The molecule has 24 heavy (non-hydrogen) atoms. The first kappa shape index (κ1) is 19.3. The fraction of sp³-hybridized carbons (Fsp3) is 0.125. The second-order valence-corrected chi connectivity index (χ2v) is 6.52. The maximum atomic E-state index is 12.5. The lowest BCUT2D eigenvalue weighted by molar-refractivity contribution is -0.131. The van der Waals surface area contributed by atoms with Crippen molar-refractivity contribution in [3.63, 3.8) is 0 Å². The van der Waals surface area contributed by atoms with Crippen molar-refractivity contribution in [1.29, 1.82) is 0 Å². The first-order valence-corrected chi connectivity index (χ1v) is 8.29. The largest absolute Gasteiger partial charge is 0.478 e. The summed E-state index contributed by atoms with van der Waals surface area (Å²) in [5.41, 5.74) is 0.341. The van der Waals surface area contributed by atoms with Crippen LogP contribution in [0, 0.1) is 0 Å². The fourth-order valence-corrected chi connectivity index (χ4v) is 3.13. The summed E-state index contributed by atoms with van der Waals surface area (Å²) >= 11 is 0. The van der Waals surface area contributed by atoms with Gasteiger partial charge in [-0.15, -0.1) is 13.2 Å². The van der Waals surface area contributed by atoms with Crippen LogP contribution < -0.4 is 5.32 Å². The third kappa shape index (κ3) is 5.49. The van der Waals surface area contributed by atoms with Crippen molar-refractivity contribution in [2.24, 2.45) is 0 Å². The van der Waals surface area contributed by atoms with E-state index in [9.17, 15) is 18.0 Å². The summed E-state index contributed by atoms with van der Waals surface area (Å²) in [5, 5.41) is 10.9. The van der Waals surface area contributed by atoms with Crippen LogP contribution in [0.4, 0.5) is 5.69 Å². The number of carbonyl (C=O) groups is 2. The molecule has 8 heteroatoms. The summed E-state index contributed by atoms with van der Waals surface area (Å²) in [5.74, 6) is -1.87. The number of rotatable bonds is 9. The van der Waals surface area contributed by atoms with Crippen LogP contribution in [-0.2, 0) is 19.6 Å². The zero-order valence-electron chi connectivity index (χ0n) is 12.9. The molecule has 0 unspecified atom stereocenters. The normalized spacial score (nSPS) is 11.4. The molecule has 0 atom stereocenters. The Labute approximate surface area is 140 Å². The number of nitrogens with zero attached hydrogens (tertiary/aromatic N) is 1. The van der Waals surface area contributed by atoms with Gasteiger partial charge in [0.2, 0.25) is 15.9 Å². The zero-order chi connectivity index (χ0) is 18.2. The molecule has 0 saturated carbocycles. The smallest absolute Gasteiger partial charge is 0.328 e. The van der Waals surface area contributed by atoms with Crippen LogP contribution in [0.5, 0.6) is 0 Å². The zero-order valence-corrected chi connectivity index (χ0v) is 13.7. The van der Waals surface area contributed by atoms with Gasteiger partial charge in [-0.3, -0.25) is 4.79 Å². The molecule has 0 saturated heterocycles. The van der Waals surface area contributed by atoms with Crippen molar-refractivity contribution in [1.82, 2.24) is 4.31 Å². The molecule has 1 aromatic carbocycles. The summed E-state index contributed by atoms with van der Waals surface area (Å²) in [6.45, 7) is 7.35. The second kappa shape index (κ2) is 8.80. The van der Waals surface area contributed by atoms with E-state index in [2.05, 4.69) is 18.5 Å². The molecule has 0 aromatic heterocycles. The third-order valence-electron chi connectivity index (χ3n) is 2.80. The van der Waals surface area contributed by atoms with Crippen molar-refractivity contribution in [2.75, 3.05) is 18.4 Å². The quantitative estimate of drug-likeness (QED) is 0.520. The number of carboxylic acid groups (broad SMARTS) is 1. The number of hydrogen-bond acceptors (Lipinski definition) is 4. The van der Waals surface area contributed by atoms with E-state index in [-0.39, 0.29) is 18.0 Å². The van der Waals surface area contributed by atoms with Crippen LogP contribution >= 0.6 is 0 Å².